The lowest BCUT2D eigenvalue weighted by molar-refractivity contribution is -0.135. The molecule has 1 aliphatic rings. The molecule has 0 saturated carbocycles. The number of pyridine rings is 1. The first-order chi connectivity index (χ1) is 13.0. The smallest absolute Gasteiger partial charge is 0.255 e. The number of hydrogen-bond acceptors (Lipinski definition) is 5. The van der Waals surface area contributed by atoms with Crippen LogP contribution in [0.1, 0.15) is 30.1 Å². The first-order valence-electron chi connectivity index (χ1n) is 8.87. The predicted octanol–water partition coefficient (Wildman–Crippen LogP) is 1.67. The van der Waals surface area contributed by atoms with Gasteiger partial charge in [-0.3, -0.25) is 19.4 Å². The maximum absolute atomic E-state index is 12.6. The largest absolute Gasteiger partial charge is 0.472 e. The first kappa shape index (κ1) is 18.6. The fourth-order valence-electron chi connectivity index (χ4n) is 3.05. The van der Waals surface area contributed by atoms with Gasteiger partial charge in [0.1, 0.15) is 12.3 Å². The lowest BCUT2D eigenvalue weighted by Gasteiger charge is -2.33. The van der Waals surface area contributed by atoms with E-state index in [-0.39, 0.29) is 23.6 Å². The highest BCUT2D eigenvalue weighted by molar-refractivity contribution is 5.97. The number of amides is 3. The number of furan rings is 1. The Morgan fingerprint density at radius 2 is 1.89 bits per heavy atom. The summed E-state index contributed by atoms with van der Waals surface area (Å²) in [5.41, 5.74) is 1.09. The Labute approximate surface area is 156 Å². The van der Waals surface area contributed by atoms with Gasteiger partial charge in [0.2, 0.25) is 11.8 Å². The van der Waals surface area contributed by atoms with E-state index in [1.165, 1.54) is 12.5 Å². The standard InChI is InChI=1S/C19H22N4O4/c1-13(21-18(25)15-6-11-27-12-15)19(26)23-9-4-14(5-10-23)17(24)22-16-2-7-20-8-3-16/h2-3,6-8,11-14H,4-5,9-10H2,1H3,(H,21,25)(H,20,22,24)/t13-/m0/s1. The third-order valence-corrected chi connectivity index (χ3v) is 4.63. The molecule has 0 unspecified atom stereocenters. The number of carbonyl (C=O) groups excluding carboxylic acids is 3. The summed E-state index contributed by atoms with van der Waals surface area (Å²) in [4.78, 5) is 42.5. The molecule has 0 radical (unpaired) electrons. The summed E-state index contributed by atoms with van der Waals surface area (Å²) in [7, 11) is 0. The fraction of sp³-hybridized carbons (Fsp3) is 0.368. The van der Waals surface area contributed by atoms with E-state index < -0.39 is 6.04 Å². The van der Waals surface area contributed by atoms with E-state index in [0.29, 0.717) is 37.2 Å². The SMILES string of the molecule is C[C@H](NC(=O)c1ccoc1)C(=O)N1CCC(C(=O)Nc2ccncc2)CC1. The highest BCUT2D eigenvalue weighted by Gasteiger charge is 2.30. The van der Waals surface area contributed by atoms with Gasteiger partial charge in [0, 0.05) is 37.1 Å². The maximum Gasteiger partial charge on any atom is 0.255 e. The molecule has 0 bridgehead atoms. The van der Waals surface area contributed by atoms with Gasteiger partial charge >= 0.3 is 0 Å². The molecule has 1 fully saturated rings. The van der Waals surface area contributed by atoms with Crippen LogP contribution in [-0.2, 0) is 9.59 Å². The molecular formula is C19H22N4O4. The molecule has 2 aromatic heterocycles. The molecular weight excluding hydrogens is 348 g/mol. The molecule has 1 aliphatic heterocycles. The first-order valence-corrected chi connectivity index (χ1v) is 8.87. The summed E-state index contributed by atoms with van der Waals surface area (Å²) in [6, 6.07) is 4.37. The molecule has 0 aromatic carbocycles. The van der Waals surface area contributed by atoms with Crippen molar-refractivity contribution in [1.29, 1.82) is 0 Å². The molecule has 3 amide bonds. The van der Waals surface area contributed by atoms with Gasteiger partial charge in [-0.1, -0.05) is 0 Å². The summed E-state index contributed by atoms with van der Waals surface area (Å²) in [6.45, 7) is 2.63. The Hall–Kier alpha value is -3.16. The van der Waals surface area contributed by atoms with Crippen molar-refractivity contribution in [3.8, 4) is 0 Å². The van der Waals surface area contributed by atoms with Crippen LogP contribution in [0.25, 0.3) is 0 Å². The Kier molecular flexibility index (Phi) is 5.85. The van der Waals surface area contributed by atoms with Crippen LogP contribution >= 0.6 is 0 Å². The second-order valence-corrected chi connectivity index (χ2v) is 6.53. The van der Waals surface area contributed by atoms with Gasteiger partial charge < -0.3 is 20.0 Å². The lowest BCUT2D eigenvalue weighted by atomic mass is 9.95. The number of hydrogen-bond donors (Lipinski definition) is 2. The summed E-state index contributed by atoms with van der Waals surface area (Å²) >= 11 is 0. The van der Waals surface area contributed by atoms with Gasteiger partial charge in [-0.05, 0) is 38.0 Å². The second-order valence-electron chi connectivity index (χ2n) is 6.53. The van der Waals surface area contributed by atoms with Gasteiger partial charge in [0.05, 0.1) is 11.8 Å². The quantitative estimate of drug-likeness (QED) is 0.833. The van der Waals surface area contributed by atoms with Crippen LogP contribution in [0.5, 0.6) is 0 Å². The Balaban J connectivity index is 1.47. The van der Waals surface area contributed by atoms with Gasteiger partial charge in [0.15, 0.2) is 0 Å². The summed E-state index contributed by atoms with van der Waals surface area (Å²) < 4.78 is 4.87. The van der Waals surface area contributed by atoms with Gasteiger partial charge in [-0.25, -0.2) is 0 Å². The highest BCUT2D eigenvalue weighted by atomic mass is 16.3. The van der Waals surface area contributed by atoms with Crippen molar-refractivity contribution in [2.24, 2.45) is 5.92 Å². The Morgan fingerprint density at radius 1 is 1.19 bits per heavy atom. The van der Waals surface area contributed by atoms with Crippen molar-refractivity contribution in [3.05, 3.63) is 48.7 Å². The van der Waals surface area contributed by atoms with E-state index in [1.54, 1.807) is 42.4 Å². The molecule has 2 aromatic rings. The number of piperidine rings is 1. The van der Waals surface area contributed by atoms with Crippen LogP contribution in [0, 0.1) is 5.92 Å². The molecule has 2 N–H and O–H groups in total. The van der Waals surface area contributed by atoms with E-state index in [9.17, 15) is 14.4 Å². The molecule has 8 nitrogen and oxygen atoms in total. The van der Waals surface area contributed by atoms with Crippen LogP contribution in [-0.4, -0.2) is 46.7 Å². The zero-order valence-electron chi connectivity index (χ0n) is 15.1. The van der Waals surface area contributed by atoms with E-state index in [1.807, 2.05) is 0 Å². The van der Waals surface area contributed by atoms with E-state index in [2.05, 4.69) is 15.6 Å². The summed E-state index contributed by atoms with van der Waals surface area (Å²) in [6.07, 6.45) is 7.16. The van der Waals surface area contributed by atoms with Crippen LogP contribution in [0.4, 0.5) is 5.69 Å². The maximum atomic E-state index is 12.6. The minimum Gasteiger partial charge on any atom is -0.472 e. The van der Waals surface area contributed by atoms with Crippen LogP contribution in [0.15, 0.2) is 47.5 Å². The molecule has 3 rings (SSSR count). The van der Waals surface area contributed by atoms with Gasteiger partial charge in [-0.15, -0.1) is 0 Å². The van der Waals surface area contributed by atoms with E-state index in [0.717, 1.165) is 0 Å². The number of carbonyl (C=O) groups is 3. The second kappa shape index (κ2) is 8.48. The number of nitrogens with one attached hydrogen (secondary N) is 2. The Bertz CT molecular complexity index is 783. The molecule has 0 spiro atoms. The van der Waals surface area contributed by atoms with Crippen molar-refractivity contribution in [2.45, 2.75) is 25.8 Å². The van der Waals surface area contributed by atoms with Crippen LogP contribution in [0.2, 0.25) is 0 Å². The third-order valence-electron chi connectivity index (χ3n) is 4.63. The number of likely N-dealkylation sites (tertiary alicyclic amines) is 1. The third kappa shape index (κ3) is 4.72. The molecule has 27 heavy (non-hydrogen) atoms. The zero-order valence-corrected chi connectivity index (χ0v) is 15.1. The topological polar surface area (TPSA) is 105 Å². The molecule has 1 atom stereocenters. The number of aromatic nitrogens is 1. The van der Waals surface area contributed by atoms with E-state index in [4.69, 9.17) is 4.42 Å². The van der Waals surface area contributed by atoms with Crippen molar-refractivity contribution < 1.29 is 18.8 Å². The minimum atomic E-state index is -0.644. The van der Waals surface area contributed by atoms with Crippen molar-refractivity contribution in [1.82, 2.24) is 15.2 Å². The minimum absolute atomic E-state index is 0.0467. The van der Waals surface area contributed by atoms with Gasteiger partial charge in [-0.2, -0.15) is 0 Å². The van der Waals surface area contributed by atoms with Crippen molar-refractivity contribution in [2.75, 3.05) is 18.4 Å². The molecule has 3 heterocycles. The number of anilines is 1. The Morgan fingerprint density at radius 3 is 2.52 bits per heavy atom. The molecule has 8 heteroatoms. The molecule has 1 saturated heterocycles. The normalized spacial score (nSPS) is 15.8. The monoisotopic (exact) mass is 370 g/mol. The van der Waals surface area contributed by atoms with Crippen LogP contribution in [0.3, 0.4) is 0 Å². The average molecular weight is 370 g/mol. The number of rotatable bonds is 5. The molecule has 142 valence electrons. The highest BCUT2D eigenvalue weighted by Crippen LogP contribution is 2.20. The average Bonchev–Trinajstić information content (AvgIpc) is 3.23. The summed E-state index contributed by atoms with van der Waals surface area (Å²) in [5, 5.41) is 5.54. The molecule has 0 aliphatic carbocycles. The van der Waals surface area contributed by atoms with Crippen LogP contribution < -0.4 is 10.6 Å². The van der Waals surface area contributed by atoms with Crippen molar-refractivity contribution >= 4 is 23.4 Å². The van der Waals surface area contributed by atoms with E-state index >= 15 is 0 Å². The van der Waals surface area contributed by atoms with Gasteiger partial charge in [0.25, 0.3) is 5.91 Å². The lowest BCUT2D eigenvalue weighted by Crippen LogP contribution is -2.50. The fourth-order valence-corrected chi connectivity index (χ4v) is 3.05. The van der Waals surface area contributed by atoms with Crippen molar-refractivity contribution in [3.63, 3.8) is 0 Å². The number of nitrogens with zero attached hydrogens (tertiary/aromatic N) is 2. The zero-order chi connectivity index (χ0) is 19.2. The predicted molar refractivity (Wildman–Crippen MR) is 97.8 cm³/mol. The summed E-state index contributed by atoms with van der Waals surface area (Å²) in [5.74, 6) is -0.691.